The number of ether oxygens (including phenoxy) is 2. The van der Waals surface area contributed by atoms with Crippen molar-refractivity contribution in [2.75, 3.05) is 12.1 Å². The number of fused-ring (bicyclic) bond motifs is 1. The Hall–Kier alpha value is -4.14. The summed E-state index contributed by atoms with van der Waals surface area (Å²) in [5.41, 5.74) is 1.35. The number of unbranched alkanes of at least 4 members (excludes halogenated alkanes) is 1. The highest BCUT2D eigenvalue weighted by atomic mass is 16.7. The Balaban J connectivity index is 1.45. The van der Waals surface area contributed by atoms with Gasteiger partial charge in [-0.2, -0.15) is 5.10 Å². The standard InChI is InChI=1S/C24H24N4O5/c1-2-3-12-28-22(29)11-9-19(27-28)24(31)26-18-7-5-4-6-17(18)23(30)25-14-16-8-10-20-21(13-16)33-15-32-20/h4-11,13H,2-3,12,14-15H2,1H3,(H,25,30)(H,26,31). The summed E-state index contributed by atoms with van der Waals surface area (Å²) >= 11 is 0. The van der Waals surface area contributed by atoms with Crippen LogP contribution in [0.3, 0.4) is 0 Å². The molecule has 0 aliphatic carbocycles. The maximum atomic E-state index is 12.8. The lowest BCUT2D eigenvalue weighted by molar-refractivity contribution is 0.0951. The molecular weight excluding hydrogens is 424 g/mol. The summed E-state index contributed by atoms with van der Waals surface area (Å²) in [5.74, 6) is 0.468. The number of aromatic nitrogens is 2. The van der Waals surface area contributed by atoms with Gasteiger partial charge < -0.3 is 20.1 Å². The molecular formula is C24H24N4O5. The Bertz CT molecular complexity index is 1240. The fourth-order valence-electron chi connectivity index (χ4n) is 3.34. The molecule has 3 aromatic rings. The molecule has 0 fully saturated rings. The van der Waals surface area contributed by atoms with Gasteiger partial charge in [0.15, 0.2) is 11.5 Å². The monoisotopic (exact) mass is 448 g/mol. The van der Waals surface area contributed by atoms with E-state index < -0.39 is 5.91 Å². The van der Waals surface area contributed by atoms with Gasteiger partial charge in [0, 0.05) is 19.2 Å². The first-order valence-corrected chi connectivity index (χ1v) is 10.7. The van der Waals surface area contributed by atoms with Gasteiger partial charge in [0.05, 0.1) is 11.3 Å². The van der Waals surface area contributed by atoms with Gasteiger partial charge in [0.25, 0.3) is 17.4 Å². The van der Waals surface area contributed by atoms with E-state index in [0.29, 0.717) is 29.3 Å². The lowest BCUT2D eigenvalue weighted by Crippen LogP contribution is -2.27. The Morgan fingerprint density at radius 2 is 1.85 bits per heavy atom. The summed E-state index contributed by atoms with van der Waals surface area (Å²) in [4.78, 5) is 37.5. The second-order valence-corrected chi connectivity index (χ2v) is 7.50. The summed E-state index contributed by atoms with van der Waals surface area (Å²) in [6.07, 6.45) is 1.68. The first-order valence-electron chi connectivity index (χ1n) is 10.7. The number of benzene rings is 2. The molecule has 0 bridgehead atoms. The van der Waals surface area contributed by atoms with Crippen molar-refractivity contribution in [3.63, 3.8) is 0 Å². The Kier molecular flexibility index (Phi) is 6.68. The van der Waals surface area contributed by atoms with Crippen LogP contribution < -0.4 is 25.7 Å². The average molecular weight is 448 g/mol. The van der Waals surface area contributed by atoms with Gasteiger partial charge in [-0.3, -0.25) is 14.4 Å². The molecule has 0 atom stereocenters. The lowest BCUT2D eigenvalue weighted by atomic mass is 10.1. The Morgan fingerprint density at radius 1 is 1.03 bits per heavy atom. The van der Waals surface area contributed by atoms with Crippen molar-refractivity contribution in [3.05, 3.63) is 81.8 Å². The Labute approximate surface area is 190 Å². The van der Waals surface area contributed by atoms with Crippen LogP contribution in [0.4, 0.5) is 5.69 Å². The lowest BCUT2D eigenvalue weighted by Gasteiger charge is -2.12. The van der Waals surface area contributed by atoms with Gasteiger partial charge in [-0.25, -0.2) is 4.68 Å². The molecule has 0 spiro atoms. The van der Waals surface area contributed by atoms with Crippen LogP contribution in [0.1, 0.15) is 46.2 Å². The highest BCUT2D eigenvalue weighted by molar-refractivity contribution is 6.08. The van der Waals surface area contributed by atoms with Gasteiger partial charge in [0.2, 0.25) is 6.79 Å². The van der Waals surface area contributed by atoms with Crippen LogP contribution in [0, 0.1) is 0 Å². The molecule has 1 aliphatic heterocycles. The first-order chi connectivity index (χ1) is 16.0. The normalized spacial score (nSPS) is 11.8. The number of aryl methyl sites for hydroxylation is 1. The van der Waals surface area contributed by atoms with Crippen molar-refractivity contribution in [2.24, 2.45) is 0 Å². The van der Waals surface area contributed by atoms with E-state index in [1.54, 1.807) is 30.3 Å². The van der Waals surface area contributed by atoms with E-state index in [2.05, 4.69) is 15.7 Å². The number of carbonyl (C=O) groups excluding carboxylic acids is 2. The number of hydrogen-bond acceptors (Lipinski definition) is 6. The van der Waals surface area contributed by atoms with Crippen LogP contribution >= 0.6 is 0 Å². The van der Waals surface area contributed by atoms with Crippen LogP contribution in [0.15, 0.2) is 59.4 Å². The minimum Gasteiger partial charge on any atom is -0.454 e. The zero-order valence-electron chi connectivity index (χ0n) is 18.2. The van der Waals surface area contributed by atoms with E-state index in [-0.39, 0.29) is 30.5 Å². The maximum absolute atomic E-state index is 12.8. The molecule has 4 rings (SSSR count). The predicted octanol–water partition coefficient (Wildman–Crippen LogP) is 2.95. The number of rotatable bonds is 8. The zero-order valence-corrected chi connectivity index (χ0v) is 18.2. The Morgan fingerprint density at radius 3 is 2.70 bits per heavy atom. The van der Waals surface area contributed by atoms with Gasteiger partial charge >= 0.3 is 0 Å². The van der Waals surface area contributed by atoms with E-state index >= 15 is 0 Å². The van der Waals surface area contributed by atoms with Gasteiger partial charge in [-0.15, -0.1) is 0 Å². The van der Waals surface area contributed by atoms with Crippen LogP contribution in [0.25, 0.3) is 0 Å². The highest BCUT2D eigenvalue weighted by Crippen LogP contribution is 2.32. The van der Waals surface area contributed by atoms with E-state index in [0.717, 1.165) is 18.4 Å². The maximum Gasteiger partial charge on any atom is 0.276 e. The van der Waals surface area contributed by atoms with Crippen LogP contribution in [-0.2, 0) is 13.1 Å². The minimum absolute atomic E-state index is 0.0984. The highest BCUT2D eigenvalue weighted by Gasteiger charge is 2.17. The van der Waals surface area contributed by atoms with Crippen molar-refractivity contribution in [3.8, 4) is 11.5 Å². The largest absolute Gasteiger partial charge is 0.454 e. The molecule has 2 aromatic carbocycles. The zero-order chi connectivity index (χ0) is 23.2. The summed E-state index contributed by atoms with van der Waals surface area (Å²) in [6, 6.07) is 14.9. The average Bonchev–Trinajstić information content (AvgIpc) is 3.30. The molecule has 0 saturated carbocycles. The van der Waals surface area contributed by atoms with Gasteiger partial charge in [-0.05, 0) is 42.3 Å². The molecule has 9 heteroatoms. The molecule has 2 heterocycles. The third-order valence-electron chi connectivity index (χ3n) is 5.13. The van der Waals surface area contributed by atoms with Crippen molar-refractivity contribution < 1.29 is 19.1 Å². The van der Waals surface area contributed by atoms with Crippen LogP contribution in [0.5, 0.6) is 11.5 Å². The van der Waals surface area contributed by atoms with E-state index in [9.17, 15) is 14.4 Å². The van der Waals surface area contributed by atoms with Crippen LogP contribution in [-0.4, -0.2) is 28.4 Å². The molecule has 33 heavy (non-hydrogen) atoms. The quantitative estimate of drug-likeness (QED) is 0.548. The van der Waals surface area contributed by atoms with Gasteiger partial charge in [-0.1, -0.05) is 31.5 Å². The summed E-state index contributed by atoms with van der Waals surface area (Å²) in [7, 11) is 0. The second kappa shape index (κ2) is 9.99. The number of amides is 2. The van der Waals surface area contributed by atoms with E-state index in [1.807, 2.05) is 19.1 Å². The predicted molar refractivity (Wildman–Crippen MR) is 122 cm³/mol. The fraction of sp³-hybridized carbons (Fsp3) is 0.250. The number of anilines is 1. The molecule has 170 valence electrons. The number of para-hydroxylation sites is 1. The SMILES string of the molecule is CCCCn1nc(C(=O)Nc2ccccc2C(=O)NCc2ccc3c(c2)OCO3)ccc1=O. The second-order valence-electron chi connectivity index (χ2n) is 7.50. The molecule has 2 amide bonds. The minimum atomic E-state index is -0.503. The van der Waals surface area contributed by atoms with Gasteiger partial charge in [0.1, 0.15) is 5.69 Å². The molecule has 9 nitrogen and oxygen atoms in total. The molecule has 1 aliphatic rings. The molecule has 0 saturated heterocycles. The van der Waals surface area contributed by atoms with E-state index in [4.69, 9.17) is 9.47 Å². The van der Waals surface area contributed by atoms with Crippen molar-refractivity contribution in [1.29, 1.82) is 0 Å². The van der Waals surface area contributed by atoms with E-state index in [1.165, 1.54) is 16.8 Å². The van der Waals surface area contributed by atoms with Crippen molar-refractivity contribution in [2.45, 2.75) is 32.9 Å². The number of hydrogen-bond donors (Lipinski definition) is 2. The topological polar surface area (TPSA) is 112 Å². The molecule has 0 unspecified atom stereocenters. The molecule has 1 aromatic heterocycles. The summed E-state index contributed by atoms with van der Waals surface area (Å²) < 4.78 is 11.9. The number of nitrogens with zero attached hydrogens (tertiary/aromatic N) is 2. The number of carbonyl (C=O) groups is 2. The third-order valence-corrected chi connectivity index (χ3v) is 5.13. The smallest absolute Gasteiger partial charge is 0.276 e. The van der Waals surface area contributed by atoms with Crippen molar-refractivity contribution >= 4 is 17.5 Å². The third kappa shape index (κ3) is 5.20. The summed E-state index contributed by atoms with van der Waals surface area (Å²) in [5, 5.41) is 9.73. The molecule has 2 N–H and O–H groups in total. The van der Waals surface area contributed by atoms with Crippen LogP contribution in [0.2, 0.25) is 0 Å². The summed E-state index contributed by atoms with van der Waals surface area (Å²) in [6.45, 7) is 2.91. The molecule has 0 radical (unpaired) electrons. The number of nitrogens with one attached hydrogen (secondary N) is 2. The fourth-order valence-corrected chi connectivity index (χ4v) is 3.34. The van der Waals surface area contributed by atoms with Crippen molar-refractivity contribution in [1.82, 2.24) is 15.1 Å². The first kappa shape index (κ1) is 22.1.